The van der Waals surface area contributed by atoms with E-state index < -0.39 is 11.8 Å². The summed E-state index contributed by atoms with van der Waals surface area (Å²) in [6.45, 7) is 5.34. The van der Waals surface area contributed by atoms with E-state index in [4.69, 9.17) is 5.11 Å². The van der Waals surface area contributed by atoms with Crippen molar-refractivity contribution in [3.05, 3.63) is 71.9 Å². The maximum absolute atomic E-state index is 11.0. The summed E-state index contributed by atoms with van der Waals surface area (Å²) in [6.07, 6.45) is 1.26. The fraction of sp³-hybridized carbons (Fsp3) is 0.238. The molecule has 3 aromatic rings. The SMILES string of the molecule is Cc1cccc([C@H](C)N[C@@](C)(C=O)NC(=O)O)c1.c1ccc2[nH]ccc2c1. The molecule has 142 valence electrons. The maximum atomic E-state index is 11.0. The quantitative estimate of drug-likeness (QED) is 0.405. The third-order valence-electron chi connectivity index (χ3n) is 4.12. The molecule has 1 amide bonds. The fourth-order valence-electron chi connectivity index (χ4n) is 2.79. The summed E-state index contributed by atoms with van der Waals surface area (Å²) >= 11 is 0. The lowest BCUT2D eigenvalue weighted by molar-refractivity contribution is -0.114. The van der Waals surface area contributed by atoms with Crippen LogP contribution in [0.25, 0.3) is 10.9 Å². The highest BCUT2D eigenvalue weighted by molar-refractivity contribution is 5.78. The lowest BCUT2D eigenvalue weighted by Gasteiger charge is -2.28. The van der Waals surface area contributed by atoms with Gasteiger partial charge in [0.15, 0.2) is 6.29 Å². The van der Waals surface area contributed by atoms with Crippen LogP contribution in [0.1, 0.15) is 31.0 Å². The highest BCUT2D eigenvalue weighted by atomic mass is 16.4. The molecule has 27 heavy (non-hydrogen) atoms. The maximum Gasteiger partial charge on any atom is 0.406 e. The number of hydrogen-bond donors (Lipinski definition) is 4. The van der Waals surface area contributed by atoms with Crippen LogP contribution in [0.5, 0.6) is 0 Å². The second kappa shape index (κ2) is 9.00. The van der Waals surface area contributed by atoms with Gasteiger partial charge in [-0.25, -0.2) is 4.79 Å². The molecule has 3 rings (SSSR count). The Morgan fingerprint density at radius 2 is 1.93 bits per heavy atom. The van der Waals surface area contributed by atoms with E-state index in [0.717, 1.165) is 11.1 Å². The van der Waals surface area contributed by atoms with Crippen molar-refractivity contribution in [2.45, 2.75) is 32.5 Å². The second-order valence-corrected chi connectivity index (χ2v) is 6.60. The first kappa shape index (κ1) is 20.2. The Bertz CT molecular complexity index is 876. The number of carboxylic acid groups (broad SMARTS) is 1. The standard InChI is InChI=1S/C13H18N2O3.C8H7N/c1-9-5-4-6-11(7-9)10(2)14-13(3,8-16)15-12(17)18;1-2-4-8-7(3-1)5-6-9-8/h4-8,10,14-15H,1-3H3,(H,17,18);1-6,9H/t10-,13+;/m0./s1. The second-order valence-electron chi connectivity index (χ2n) is 6.60. The lowest BCUT2D eigenvalue weighted by Crippen LogP contribution is -2.58. The monoisotopic (exact) mass is 367 g/mol. The summed E-state index contributed by atoms with van der Waals surface area (Å²) in [5.41, 5.74) is 2.02. The van der Waals surface area contributed by atoms with Crippen LogP contribution in [-0.4, -0.2) is 28.1 Å². The summed E-state index contributed by atoms with van der Waals surface area (Å²) in [5, 5.41) is 15.1. The molecule has 0 aliphatic rings. The van der Waals surface area contributed by atoms with E-state index in [2.05, 4.69) is 33.8 Å². The van der Waals surface area contributed by atoms with Crippen molar-refractivity contribution in [2.75, 3.05) is 0 Å². The number of hydrogen-bond acceptors (Lipinski definition) is 3. The first-order valence-corrected chi connectivity index (χ1v) is 8.67. The van der Waals surface area contributed by atoms with Crippen LogP contribution in [0.15, 0.2) is 60.8 Å². The number of benzene rings is 2. The molecule has 0 spiro atoms. The molecule has 0 fully saturated rings. The first-order chi connectivity index (χ1) is 12.8. The van der Waals surface area contributed by atoms with Gasteiger partial charge < -0.3 is 10.1 Å². The average Bonchev–Trinajstić information content (AvgIpc) is 3.10. The van der Waals surface area contributed by atoms with Crippen LogP contribution < -0.4 is 10.6 Å². The number of rotatable bonds is 5. The van der Waals surface area contributed by atoms with E-state index in [1.807, 2.05) is 56.4 Å². The lowest BCUT2D eigenvalue weighted by atomic mass is 10.0. The molecule has 1 heterocycles. The van der Waals surface area contributed by atoms with Crippen molar-refractivity contribution < 1.29 is 14.7 Å². The Labute approximate surface area is 158 Å². The van der Waals surface area contributed by atoms with Gasteiger partial charge in [-0.1, -0.05) is 48.0 Å². The third-order valence-corrected chi connectivity index (χ3v) is 4.12. The van der Waals surface area contributed by atoms with Crippen molar-refractivity contribution in [3.63, 3.8) is 0 Å². The van der Waals surface area contributed by atoms with Gasteiger partial charge in [-0.2, -0.15) is 0 Å². The topological polar surface area (TPSA) is 94.2 Å². The van der Waals surface area contributed by atoms with Crippen LogP contribution in [0.2, 0.25) is 0 Å². The van der Waals surface area contributed by atoms with Crippen molar-refractivity contribution in [2.24, 2.45) is 0 Å². The molecule has 2 atom stereocenters. The number of carbonyl (C=O) groups excluding carboxylic acids is 1. The summed E-state index contributed by atoms with van der Waals surface area (Å²) in [6, 6.07) is 18.0. The van der Waals surface area contributed by atoms with Crippen molar-refractivity contribution in [3.8, 4) is 0 Å². The van der Waals surface area contributed by atoms with Gasteiger partial charge in [0.1, 0.15) is 5.66 Å². The van der Waals surface area contributed by atoms with Gasteiger partial charge >= 0.3 is 6.09 Å². The number of aryl methyl sites for hydroxylation is 1. The molecule has 6 nitrogen and oxygen atoms in total. The van der Waals surface area contributed by atoms with Gasteiger partial charge in [0, 0.05) is 17.8 Å². The molecule has 0 bridgehead atoms. The summed E-state index contributed by atoms with van der Waals surface area (Å²) in [4.78, 5) is 24.8. The first-order valence-electron chi connectivity index (χ1n) is 8.67. The number of aromatic amines is 1. The van der Waals surface area contributed by atoms with E-state index in [1.54, 1.807) is 0 Å². The molecule has 0 radical (unpaired) electrons. The summed E-state index contributed by atoms with van der Waals surface area (Å²) in [5.74, 6) is 0. The zero-order valence-electron chi connectivity index (χ0n) is 15.7. The third kappa shape index (κ3) is 5.97. The van der Waals surface area contributed by atoms with E-state index in [9.17, 15) is 9.59 Å². The highest BCUT2D eigenvalue weighted by Gasteiger charge is 2.27. The molecule has 1 aromatic heterocycles. The van der Waals surface area contributed by atoms with Gasteiger partial charge in [-0.05, 0) is 43.9 Å². The van der Waals surface area contributed by atoms with Crippen LogP contribution in [0.3, 0.4) is 0 Å². The Hall–Kier alpha value is -3.12. The van der Waals surface area contributed by atoms with Gasteiger partial charge in [-0.15, -0.1) is 0 Å². The summed E-state index contributed by atoms with van der Waals surface area (Å²) in [7, 11) is 0. The van der Waals surface area contributed by atoms with Gasteiger partial charge in [0.2, 0.25) is 0 Å². The normalized spacial score (nSPS) is 13.7. The number of carbonyl (C=O) groups is 2. The minimum atomic E-state index is -1.30. The van der Waals surface area contributed by atoms with Crippen molar-refractivity contribution in [1.29, 1.82) is 0 Å². The van der Waals surface area contributed by atoms with E-state index in [1.165, 1.54) is 17.8 Å². The van der Waals surface area contributed by atoms with Crippen LogP contribution in [0.4, 0.5) is 4.79 Å². The Kier molecular flexibility index (Phi) is 6.73. The predicted molar refractivity (Wildman–Crippen MR) is 107 cm³/mol. The number of aldehydes is 1. The van der Waals surface area contributed by atoms with E-state index in [-0.39, 0.29) is 6.04 Å². The number of fused-ring (bicyclic) bond motifs is 1. The minimum absolute atomic E-state index is 0.146. The molecule has 0 aliphatic heterocycles. The number of aromatic nitrogens is 1. The molecule has 4 N–H and O–H groups in total. The molecule has 0 unspecified atom stereocenters. The van der Waals surface area contributed by atoms with Crippen molar-refractivity contribution >= 4 is 23.3 Å². The number of nitrogens with one attached hydrogen (secondary N) is 3. The summed E-state index contributed by atoms with van der Waals surface area (Å²) < 4.78 is 0. The smallest absolute Gasteiger partial charge is 0.406 e. The van der Waals surface area contributed by atoms with Crippen LogP contribution in [0, 0.1) is 6.92 Å². The predicted octanol–water partition coefficient (Wildman–Crippen LogP) is 4.00. The largest absolute Gasteiger partial charge is 0.465 e. The van der Waals surface area contributed by atoms with Gasteiger partial charge in [0.05, 0.1) is 0 Å². The molecule has 0 aliphatic carbocycles. The minimum Gasteiger partial charge on any atom is -0.465 e. The fourth-order valence-corrected chi connectivity index (χ4v) is 2.79. The van der Waals surface area contributed by atoms with Crippen LogP contribution >= 0.6 is 0 Å². The molecule has 6 heteroatoms. The average molecular weight is 367 g/mol. The Balaban J connectivity index is 0.000000239. The zero-order chi connectivity index (χ0) is 19.9. The van der Waals surface area contributed by atoms with E-state index >= 15 is 0 Å². The Morgan fingerprint density at radius 1 is 1.19 bits per heavy atom. The van der Waals surface area contributed by atoms with Gasteiger partial charge in [0.25, 0.3) is 0 Å². The Morgan fingerprint density at radius 3 is 2.56 bits per heavy atom. The molecule has 0 saturated carbocycles. The molecular formula is C21H25N3O3. The van der Waals surface area contributed by atoms with Crippen LogP contribution in [-0.2, 0) is 4.79 Å². The number of H-pyrrole nitrogens is 1. The number of para-hydroxylation sites is 1. The zero-order valence-corrected chi connectivity index (χ0v) is 15.7. The molecular weight excluding hydrogens is 342 g/mol. The number of amides is 1. The van der Waals surface area contributed by atoms with E-state index in [0.29, 0.717) is 6.29 Å². The van der Waals surface area contributed by atoms with Crippen molar-refractivity contribution in [1.82, 2.24) is 15.6 Å². The molecule has 2 aromatic carbocycles. The van der Waals surface area contributed by atoms with Gasteiger partial charge in [-0.3, -0.25) is 15.4 Å². The molecule has 0 saturated heterocycles. The highest BCUT2D eigenvalue weighted by Crippen LogP contribution is 2.16.